The number of hydrogen-bond acceptors (Lipinski definition) is 4. The van der Waals surface area contributed by atoms with E-state index in [2.05, 4.69) is 4.74 Å². The first-order valence-electron chi connectivity index (χ1n) is 6.91. The van der Waals surface area contributed by atoms with Crippen LogP contribution in [0.5, 0.6) is 5.75 Å². The van der Waals surface area contributed by atoms with Crippen molar-refractivity contribution in [1.29, 1.82) is 0 Å². The highest BCUT2D eigenvalue weighted by molar-refractivity contribution is 5.89. The molecule has 0 spiro atoms. The molecule has 4 heteroatoms. The summed E-state index contributed by atoms with van der Waals surface area (Å²) in [4.78, 5) is 22.2. The van der Waals surface area contributed by atoms with Gasteiger partial charge in [0, 0.05) is 5.56 Å². The highest BCUT2D eigenvalue weighted by atomic mass is 16.5. The van der Waals surface area contributed by atoms with Crippen LogP contribution in [-0.4, -0.2) is 19.4 Å². The molecule has 4 nitrogen and oxygen atoms in total. The maximum Gasteiger partial charge on any atom is 0.337 e. The molecule has 114 valence electrons. The second-order valence-corrected chi connectivity index (χ2v) is 5.08. The van der Waals surface area contributed by atoms with Crippen molar-refractivity contribution in [1.82, 2.24) is 0 Å². The Kier molecular flexibility index (Phi) is 4.94. The highest BCUT2D eigenvalue weighted by Gasteiger charge is 2.08. The number of benzene rings is 2. The molecule has 0 aliphatic rings. The van der Waals surface area contributed by atoms with Gasteiger partial charge < -0.3 is 9.47 Å². The summed E-state index contributed by atoms with van der Waals surface area (Å²) in [6.45, 7) is 4.22. The Morgan fingerprint density at radius 2 is 1.68 bits per heavy atom. The third-order valence-corrected chi connectivity index (χ3v) is 3.38. The largest absolute Gasteiger partial charge is 0.488 e. The van der Waals surface area contributed by atoms with Gasteiger partial charge in [0.1, 0.15) is 18.6 Å². The Balaban J connectivity index is 2.10. The fraction of sp³-hybridized carbons (Fsp3) is 0.222. The lowest BCUT2D eigenvalue weighted by atomic mass is 10.1. The molecule has 0 saturated heterocycles. The zero-order valence-corrected chi connectivity index (χ0v) is 12.9. The first-order chi connectivity index (χ1) is 10.5. The van der Waals surface area contributed by atoms with Crippen LogP contribution in [0.4, 0.5) is 0 Å². The minimum atomic E-state index is -0.358. The third kappa shape index (κ3) is 3.52. The predicted molar refractivity (Wildman–Crippen MR) is 83.4 cm³/mol. The maximum atomic E-state index is 11.4. The minimum absolute atomic E-state index is 0.358. The number of rotatable bonds is 5. The molecule has 0 aliphatic carbocycles. The molecule has 0 radical (unpaired) electrons. The van der Waals surface area contributed by atoms with Gasteiger partial charge in [0.25, 0.3) is 0 Å². The summed E-state index contributed by atoms with van der Waals surface area (Å²) in [5, 5.41) is 0. The topological polar surface area (TPSA) is 52.6 Å². The Morgan fingerprint density at radius 3 is 2.18 bits per heavy atom. The van der Waals surface area contributed by atoms with Gasteiger partial charge >= 0.3 is 5.97 Å². The molecule has 2 rings (SSSR count). The summed E-state index contributed by atoms with van der Waals surface area (Å²) in [7, 11) is 1.36. The molecule has 0 unspecified atom stereocenters. The maximum absolute atomic E-state index is 11.4. The average Bonchev–Trinajstić information content (AvgIpc) is 2.53. The van der Waals surface area contributed by atoms with Crippen LogP contribution in [0.3, 0.4) is 0 Å². The third-order valence-electron chi connectivity index (χ3n) is 3.38. The number of carbonyl (C=O) groups excluding carboxylic acids is 2. The predicted octanol–water partition coefficient (Wildman–Crippen LogP) is 3.48. The molecule has 22 heavy (non-hydrogen) atoms. The first kappa shape index (κ1) is 15.8. The summed E-state index contributed by atoms with van der Waals surface area (Å²) in [6.07, 6.45) is 0.829. The van der Waals surface area contributed by atoms with E-state index in [0.29, 0.717) is 17.7 Å². The monoisotopic (exact) mass is 298 g/mol. The molecule has 0 aromatic heterocycles. The number of aldehydes is 1. The van der Waals surface area contributed by atoms with Crippen LogP contribution >= 0.6 is 0 Å². The molecule has 0 amide bonds. The van der Waals surface area contributed by atoms with Crippen LogP contribution in [0.25, 0.3) is 0 Å². The van der Waals surface area contributed by atoms with E-state index in [1.807, 2.05) is 26.0 Å². The average molecular weight is 298 g/mol. The Morgan fingerprint density at radius 1 is 1.09 bits per heavy atom. The van der Waals surface area contributed by atoms with Crippen LogP contribution < -0.4 is 4.74 Å². The van der Waals surface area contributed by atoms with Gasteiger partial charge in [-0.15, -0.1) is 0 Å². The minimum Gasteiger partial charge on any atom is -0.488 e. The standard InChI is InChI=1S/C18H18O4/c1-12-8-15(10-19)9-13(2)17(12)22-11-14-4-6-16(7-5-14)18(20)21-3/h4-10H,11H2,1-3H3. The summed E-state index contributed by atoms with van der Waals surface area (Å²) < 4.78 is 10.5. The molecular formula is C18H18O4. The SMILES string of the molecule is COC(=O)c1ccc(COc2c(C)cc(C=O)cc2C)cc1. The van der Waals surface area contributed by atoms with Gasteiger partial charge in [0.15, 0.2) is 0 Å². The van der Waals surface area contributed by atoms with E-state index in [4.69, 9.17) is 4.74 Å². The molecule has 0 N–H and O–H groups in total. The number of ether oxygens (including phenoxy) is 2. The van der Waals surface area contributed by atoms with E-state index in [1.54, 1.807) is 24.3 Å². The highest BCUT2D eigenvalue weighted by Crippen LogP contribution is 2.25. The molecular weight excluding hydrogens is 280 g/mol. The normalized spacial score (nSPS) is 10.1. The quantitative estimate of drug-likeness (QED) is 0.626. The van der Waals surface area contributed by atoms with Crippen molar-refractivity contribution in [3.8, 4) is 5.75 Å². The van der Waals surface area contributed by atoms with Crippen molar-refractivity contribution in [2.24, 2.45) is 0 Å². The molecule has 0 heterocycles. The fourth-order valence-corrected chi connectivity index (χ4v) is 2.29. The number of aryl methyl sites for hydroxylation is 2. The van der Waals surface area contributed by atoms with Gasteiger partial charge in [0.05, 0.1) is 12.7 Å². The molecule has 0 bridgehead atoms. The van der Waals surface area contributed by atoms with Gasteiger partial charge in [-0.3, -0.25) is 4.79 Å². The Bertz CT molecular complexity index is 664. The van der Waals surface area contributed by atoms with Crippen LogP contribution in [0.15, 0.2) is 36.4 Å². The van der Waals surface area contributed by atoms with Crippen molar-refractivity contribution in [3.63, 3.8) is 0 Å². The van der Waals surface area contributed by atoms with E-state index >= 15 is 0 Å². The fourth-order valence-electron chi connectivity index (χ4n) is 2.29. The second-order valence-electron chi connectivity index (χ2n) is 5.08. The summed E-state index contributed by atoms with van der Waals surface area (Å²) in [5.41, 5.74) is 3.95. The van der Waals surface area contributed by atoms with E-state index in [-0.39, 0.29) is 5.97 Å². The van der Waals surface area contributed by atoms with Crippen molar-refractivity contribution in [2.75, 3.05) is 7.11 Å². The van der Waals surface area contributed by atoms with Gasteiger partial charge in [-0.25, -0.2) is 4.79 Å². The van der Waals surface area contributed by atoms with E-state index in [0.717, 1.165) is 28.7 Å². The van der Waals surface area contributed by atoms with Crippen LogP contribution in [0.2, 0.25) is 0 Å². The molecule has 0 fully saturated rings. The lowest BCUT2D eigenvalue weighted by molar-refractivity contribution is 0.0600. The molecule has 2 aromatic carbocycles. The van der Waals surface area contributed by atoms with Crippen molar-refractivity contribution >= 4 is 12.3 Å². The number of carbonyl (C=O) groups is 2. The number of hydrogen-bond donors (Lipinski definition) is 0. The molecule has 0 saturated carbocycles. The van der Waals surface area contributed by atoms with Crippen LogP contribution in [0, 0.1) is 13.8 Å². The van der Waals surface area contributed by atoms with Crippen LogP contribution in [-0.2, 0) is 11.3 Å². The van der Waals surface area contributed by atoms with Crippen molar-refractivity contribution in [3.05, 3.63) is 64.2 Å². The number of methoxy groups -OCH3 is 1. The van der Waals surface area contributed by atoms with Gasteiger partial charge in [-0.2, -0.15) is 0 Å². The molecule has 0 aliphatic heterocycles. The summed E-state index contributed by atoms with van der Waals surface area (Å²) >= 11 is 0. The van der Waals surface area contributed by atoms with E-state index in [9.17, 15) is 9.59 Å². The van der Waals surface area contributed by atoms with E-state index in [1.165, 1.54) is 7.11 Å². The van der Waals surface area contributed by atoms with Gasteiger partial charge in [-0.1, -0.05) is 12.1 Å². The smallest absolute Gasteiger partial charge is 0.337 e. The first-order valence-corrected chi connectivity index (χ1v) is 6.91. The Hall–Kier alpha value is -2.62. The van der Waals surface area contributed by atoms with Gasteiger partial charge in [-0.05, 0) is 54.8 Å². The van der Waals surface area contributed by atoms with E-state index < -0.39 is 0 Å². The summed E-state index contributed by atoms with van der Waals surface area (Å²) in [5.74, 6) is 0.422. The van der Waals surface area contributed by atoms with Gasteiger partial charge in [0.2, 0.25) is 0 Å². The van der Waals surface area contributed by atoms with Crippen molar-refractivity contribution < 1.29 is 19.1 Å². The zero-order chi connectivity index (χ0) is 16.1. The van der Waals surface area contributed by atoms with Crippen LogP contribution in [0.1, 0.15) is 37.4 Å². The zero-order valence-electron chi connectivity index (χ0n) is 12.9. The van der Waals surface area contributed by atoms with Crippen molar-refractivity contribution in [2.45, 2.75) is 20.5 Å². The number of esters is 1. The summed E-state index contributed by atoms with van der Waals surface area (Å²) in [6, 6.07) is 10.7. The molecule has 0 atom stereocenters. The Labute approximate surface area is 129 Å². The lowest BCUT2D eigenvalue weighted by Gasteiger charge is -2.13. The molecule has 2 aromatic rings. The lowest BCUT2D eigenvalue weighted by Crippen LogP contribution is -2.03. The second kappa shape index (κ2) is 6.89.